The summed E-state index contributed by atoms with van der Waals surface area (Å²) in [6.07, 6.45) is 5.31. The maximum atomic E-state index is 12.5. The van der Waals surface area contributed by atoms with Gasteiger partial charge in [0.15, 0.2) is 12.2 Å². The third kappa shape index (κ3) is 3.97. The predicted molar refractivity (Wildman–Crippen MR) is 95.6 cm³/mol. The Balaban J connectivity index is 0.00000208. The van der Waals surface area contributed by atoms with E-state index in [1.54, 1.807) is 0 Å². The second kappa shape index (κ2) is 7.81. The molecule has 1 saturated carbocycles. The molecule has 0 bridgehead atoms. The summed E-state index contributed by atoms with van der Waals surface area (Å²) in [5.74, 6) is 0.574. The fourth-order valence-electron chi connectivity index (χ4n) is 3.30. The molecule has 3 rings (SSSR count). The minimum absolute atomic E-state index is 0. The lowest BCUT2D eigenvalue weighted by Gasteiger charge is -2.37. The first-order valence-corrected chi connectivity index (χ1v) is 8.12. The van der Waals surface area contributed by atoms with Crippen molar-refractivity contribution in [3.8, 4) is 11.3 Å². The molecule has 0 saturated heterocycles. The Bertz CT molecular complexity index is 670. The summed E-state index contributed by atoms with van der Waals surface area (Å²) in [7, 11) is 0. The topological polar surface area (TPSA) is 81.2 Å². The van der Waals surface area contributed by atoms with E-state index in [0.717, 1.165) is 36.9 Å². The molecule has 6 heteroatoms. The lowest BCUT2D eigenvalue weighted by atomic mass is 9.74. The number of nitrogens with one attached hydrogen (secondary N) is 1. The van der Waals surface area contributed by atoms with E-state index < -0.39 is 5.54 Å². The van der Waals surface area contributed by atoms with E-state index in [0.29, 0.717) is 12.3 Å². The van der Waals surface area contributed by atoms with Crippen LogP contribution >= 0.6 is 12.4 Å². The zero-order valence-electron chi connectivity index (χ0n) is 13.8. The van der Waals surface area contributed by atoms with E-state index in [4.69, 9.17) is 10.2 Å². The van der Waals surface area contributed by atoms with Crippen molar-refractivity contribution in [2.45, 2.75) is 44.7 Å². The van der Waals surface area contributed by atoms with Crippen LogP contribution < -0.4 is 11.1 Å². The summed E-state index contributed by atoms with van der Waals surface area (Å²) in [4.78, 5) is 16.7. The second-order valence-corrected chi connectivity index (χ2v) is 6.52. The van der Waals surface area contributed by atoms with Gasteiger partial charge in [-0.05, 0) is 19.8 Å². The summed E-state index contributed by atoms with van der Waals surface area (Å²) >= 11 is 0. The first-order chi connectivity index (χ1) is 11.1. The molecule has 24 heavy (non-hydrogen) atoms. The standard InChI is InChI=1S/C18H23N3O2.ClH/c1-18(19)10-6-5-9-14(18)17(22)20-11-15-16(23-12-21-15)13-7-3-2-4-8-13;/h2-4,7-8,12,14H,5-6,9-11,19H2,1H3,(H,20,22);1H. The maximum Gasteiger partial charge on any atom is 0.225 e. The van der Waals surface area contributed by atoms with Gasteiger partial charge in [-0.2, -0.15) is 0 Å². The van der Waals surface area contributed by atoms with Gasteiger partial charge < -0.3 is 15.5 Å². The fraction of sp³-hybridized carbons (Fsp3) is 0.444. The van der Waals surface area contributed by atoms with Gasteiger partial charge in [-0.1, -0.05) is 43.2 Å². The molecular weight excluding hydrogens is 326 g/mol. The number of carbonyl (C=O) groups is 1. The number of hydrogen-bond donors (Lipinski definition) is 2. The summed E-state index contributed by atoms with van der Waals surface area (Å²) < 4.78 is 5.48. The van der Waals surface area contributed by atoms with Crippen LogP contribution in [0.25, 0.3) is 11.3 Å². The molecular formula is C18H24ClN3O2. The van der Waals surface area contributed by atoms with Gasteiger partial charge >= 0.3 is 0 Å². The highest BCUT2D eigenvalue weighted by Crippen LogP contribution is 2.31. The number of halogens is 1. The zero-order valence-corrected chi connectivity index (χ0v) is 14.6. The normalized spacial score (nSPS) is 23.3. The maximum absolute atomic E-state index is 12.5. The van der Waals surface area contributed by atoms with Crippen molar-refractivity contribution in [3.05, 3.63) is 42.4 Å². The van der Waals surface area contributed by atoms with Crippen LogP contribution in [0.15, 0.2) is 41.1 Å². The molecule has 0 radical (unpaired) electrons. The van der Waals surface area contributed by atoms with Crippen LogP contribution in [0.4, 0.5) is 0 Å². The molecule has 1 aliphatic carbocycles. The van der Waals surface area contributed by atoms with Gasteiger partial charge in [0.1, 0.15) is 5.69 Å². The van der Waals surface area contributed by atoms with Gasteiger partial charge in [0.2, 0.25) is 5.91 Å². The molecule has 1 heterocycles. The van der Waals surface area contributed by atoms with E-state index >= 15 is 0 Å². The molecule has 1 aliphatic rings. The van der Waals surface area contributed by atoms with Gasteiger partial charge in [-0.15, -0.1) is 12.4 Å². The second-order valence-electron chi connectivity index (χ2n) is 6.52. The molecule has 2 atom stereocenters. The Kier molecular flexibility index (Phi) is 6.02. The highest BCUT2D eigenvalue weighted by atomic mass is 35.5. The minimum Gasteiger partial charge on any atom is -0.443 e. The number of benzene rings is 1. The summed E-state index contributed by atoms with van der Waals surface area (Å²) in [5, 5.41) is 2.98. The number of nitrogens with zero attached hydrogens (tertiary/aromatic N) is 1. The van der Waals surface area contributed by atoms with Crippen molar-refractivity contribution < 1.29 is 9.21 Å². The van der Waals surface area contributed by atoms with E-state index in [-0.39, 0.29) is 24.2 Å². The highest BCUT2D eigenvalue weighted by Gasteiger charge is 2.37. The average Bonchev–Trinajstić information content (AvgIpc) is 3.01. The number of amides is 1. The summed E-state index contributed by atoms with van der Waals surface area (Å²) in [6, 6.07) is 9.77. The molecule has 3 N–H and O–H groups in total. The Morgan fingerprint density at radius 3 is 2.83 bits per heavy atom. The van der Waals surface area contributed by atoms with Crippen molar-refractivity contribution >= 4 is 18.3 Å². The molecule has 1 fully saturated rings. The number of hydrogen-bond acceptors (Lipinski definition) is 4. The number of rotatable bonds is 4. The average molecular weight is 350 g/mol. The van der Waals surface area contributed by atoms with Crippen LogP contribution in [-0.4, -0.2) is 16.4 Å². The smallest absolute Gasteiger partial charge is 0.225 e. The van der Waals surface area contributed by atoms with Crippen LogP contribution in [0.3, 0.4) is 0 Å². The molecule has 1 aromatic carbocycles. The third-order valence-electron chi connectivity index (χ3n) is 4.68. The van der Waals surface area contributed by atoms with Crippen LogP contribution in [0.5, 0.6) is 0 Å². The van der Waals surface area contributed by atoms with Crippen LogP contribution in [-0.2, 0) is 11.3 Å². The number of aromatic nitrogens is 1. The van der Waals surface area contributed by atoms with Crippen molar-refractivity contribution in [1.29, 1.82) is 0 Å². The molecule has 0 spiro atoms. The molecule has 0 aliphatic heterocycles. The van der Waals surface area contributed by atoms with E-state index in [9.17, 15) is 4.79 Å². The number of oxazole rings is 1. The van der Waals surface area contributed by atoms with E-state index in [1.165, 1.54) is 6.39 Å². The molecule has 5 nitrogen and oxygen atoms in total. The quantitative estimate of drug-likeness (QED) is 0.887. The van der Waals surface area contributed by atoms with E-state index in [1.807, 2.05) is 37.3 Å². The van der Waals surface area contributed by atoms with E-state index in [2.05, 4.69) is 10.3 Å². The Labute approximate surface area is 148 Å². The first-order valence-electron chi connectivity index (χ1n) is 8.12. The Morgan fingerprint density at radius 1 is 1.38 bits per heavy atom. The zero-order chi connectivity index (χ0) is 16.3. The molecule has 130 valence electrons. The molecule has 1 aromatic heterocycles. The van der Waals surface area contributed by atoms with Gasteiger partial charge in [-0.25, -0.2) is 4.98 Å². The van der Waals surface area contributed by atoms with Crippen LogP contribution in [0.2, 0.25) is 0 Å². The number of carbonyl (C=O) groups excluding carboxylic acids is 1. The number of nitrogens with two attached hydrogens (primary N) is 1. The lowest BCUT2D eigenvalue weighted by molar-refractivity contribution is -0.128. The summed E-state index contributed by atoms with van der Waals surface area (Å²) in [5.41, 5.74) is 7.57. The van der Waals surface area contributed by atoms with Gasteiger partial charge in [0.25, 0.3) is 0 Å². The Morgan fingerprint density at radius 2 is 2.12 bits per heavy atom. The predicted octanol–water partition coefficient (Wildman–Crippen LogP) is 3.29. The monoisotopic (exact) mass is 349 g/mol. The lowest BCUT2D eigenvalue weighted by Crippen LogP contribution is -2.52. The van der Waals surface area contributed by atoms with Crippen molar-refractivity contribution in [1.82, 2.24) is 10.3 Å². The molecule has 2 unspecified atom stereocenters. The molecule has 2 aromatic rings. The summed E-state index contributed by atoms with van der Waals surface area (Å²) in [6.45, 7) is 2.33. The minimum atomic E-state index is -0.422. The SMILES string of the molecule is CC1(N)CCCCC1C(=O)NCc1ncoc1-c1ccccc1.Cl. The van der Waals surface area contributed by atoms with Gasteiger partial charge in [-0.3, -0.25) is 4.79 Å². The third-order valence-corrected chi connectivity index (χ3v) is 4.68. The van der Waals surface area contributed by atoms with Crippen molar-refractivity contribution in [2.24, 2.45) is 11.7 Å². The largest absolute Gasteiger partial charge is 0.443 e. The fourth-order valence-corrected chi connectivity index (χ4v) is 3.30. The van der Waals surface area contributed by atoms with Crippen LogP contribution in [0.1, 0.15) is 38.3 Å². The van der Waals surface area contributed by atoms with Gasteiger partial charge in [0.05, 0.1) is 12.5 Å². The molecule has 1 amide bonds. The van der Waals surface area contributed by atoms with Crippen molar-refractivity contribution in [2.75, 3.05) is 0 Å². The van der Waals surface area contributed by atoms with Crippen molar-refractivity contribution in [3.63, 3.8) is 0 Å². The Hall–Kier alpha value is -1.85. The first kappa shape index (κ1) is 18.5. The van der Waals surface area contributed by atoms with Gasteiger partial charge in [0, 0.05) is 11.1 Å². The highest BCUT2D eigenvalue weighted by molar-refractivity contribution is 5.85. The van der Waals surface area contributed by atoms with Crippen LogP contribution in [0, 0.1) is 5.92 Å².